The zero-order valence-electron chi connectivity index (χ0n) is 17.5. The fourth-order valence-electron chi connectivity index (χ4n) is 3.65. The van der Waals surface area contributed by atoms with Gasteiger partial charge in [0.25, 0.3) is 0 Å². The van der Waals surface area contributed by atoms with Gasteiger partial charge in [-0.05, 0) is 36.8 Å². The molecule has 0 bridgehead atoms. The summed E-state index contributed by atoms with van der Waals surface area (Å²) in [6.07, 6.45) is 0.650. The fraction of sp³-hybridized carbons (Fsp3) is 0.333. The highest BCUT2D eigenvalue weighted by atomic mass is 32.2. The molecule has 31 heavy (non-hydrogen) atoms. The number of nitrogens with zero attached hydrogens (tertiary/aromatic N) is 2. The molecule has 1 fully saturated rings. The number of hydrogen-bond acceptors (Lipinski definition) is 6. The van der Waals surface area contributed by atoms with Gasteiger partial charge < -0.3 is 14.3 Å². The van der Waals surface area contributed by atoms with Gasteiger partial charge in [-0.3, -0.25) is 9.69 Å². The number of aliphatic carboxylic acids is 1. The van der Waals surface area contributed by atoms with Crippen molar-refractivity contribution in [2.24, 2.45) is 0 Å². The topological polar surface area (TPSA) is 75.8 Å². The minimum atomic E-state index is -0.752. The van der Waals surface area contributed by atoms with Crippen LogP contribution in [0.3, 0.4) is 0 Å². The van der Waals surface area contributed by atoms with Crippen LogP contribution in [0.1, 0.15) is 17.0 Å². The fourth-order valence-corrected chi connectivity index (χ4v) is 4.76. The molecule has 4 rings (SSSR count). The van der Waals surface area contributed by atoms with Gasteiger partial charge in [-0.15, -0.1) is 0 Å². The van der Waals surface area contributed by atoms with Crippen LogP contribution in [0, 0.1) is 6.92 Å². The lowest BCUT2D eigenvalue weighted by Crippen LogP contribution is -2.46. The predicted molar refractivity (Wildman–Crippen MR) is 121 cm³/mol. The summed E-state index contributed by atoms with van der Waals surface area (Å²) < 4.78 is 11.8. The molecule has 6 nitrogen and oxygen atoms in total. The molecular formula is C24H26N2O4S. The lowest BCUT2D eigenvalue weighted by molar-refractivity contribution is -0.142. The SMILES string of the molecule is Cc1oc(-c2ccccc2)nc1CCOc1cccc(CN2CCSCC2C(=O)O)c1. The summed E-state index contributed by atoms with van der Waals surface area (Å²) in [5.41, 5.74) is 2.91. The number of benzene rings is 2. The van der Waals surface area contributed by atoms with E-state index >= 15 is 0 Å². The Morgan fingerprint density at radius 2 is 2.10 bits per heavy atom. The van der Waals surface area contributed by atoms with Crippen LogP contribution in [0.15, 0.2) is 59.0 Å². The van der Waals surface area contributed by atoms with Crippen LogP contribution >= 0.6 is 11.8 Å². The average Bonchev–Trinajstić information content (AvgIpc) is 3.15. The molecule has 1 unspecified atom stereocenters. The molecule has 3 aromatic rings. The van der Waals surface area contributed by atoms with E-state index in [0.717, 1.165) is 40.6 Å². The summed E-state index contributed by atoms with van der Waals surface area (Å²) >= 11 is 1.70. The molecular weight excluding hydrogens is 412 g/mol. The number of carbonyl (C=O) groups is 1. The Hall–Kier alpha value is -2.77. The number of rotatable bonds is 8. The van der Waals surface area contributed by atoms with Crippen molar-refractivity contribution in [3.63, 3.8) is 0 Å². The van der Waals surface area contributed by atoms with Crippen molar-refractivity contribution in [2.45, 2.75) is 25.9 Å². The molecule has 1 saturated heterocycles. The van der Waals surface area contributed by atoms with E-state index in [2.05, 4.69) is 4.98 Å². The van der Waals surface area contributed by atoms with E-state index < -0.39 is 12.0 Å². The molecule has 0 saturated carbocycles. The smallest absolute Gasteiger partial charge is 0.321 e. The third-order valence-corrected chi connectivity index (χ3v) is 6.35. The second-order valence-electron chi connectivity index (χ2n) is 7.53. The highest BCUT2D eigenvalue weighted by Crippen LogP contribution is 2.23. The summed E-state index contributed by atoms with van der Waals surface area (Å²) in [5.74, 6) is 3.05. The first-order valence-corrected chi connectivity index (χ1v) is 11.5. The average molecular weight is 439 g/mol. The first-order chi connectivity index (χ1) is 15.1. The van der Waals surface area contributed by atoms with E-state index in [1.54, 1.807) is 11.8 Å². The zero-order chi connectivity index (χ0) is 21.6. The maximum atomic E-state index is 11.5. The molecule has 0 radical (unpaired) electrons. The van der Waals surface area contributed by atoms with Crippen LogP contribution in [-0.4, -0.2) is 51.7 Å². The minimum Gasteiger partial charge on any atom is -0.493 e. The first kappa shape index (κ1) is 21.5. The summed E-state index contributed by atoms with van der Waals surface area (Å²) in [6.45, 7) is 3.80. The first-order valence-electron chi connectivity index (χ1n) is 10.4. The molecule has 0 amide bonds. The van der Waals surface area contributed by atoms with Crippen molar-refractivity contribution in [3.8, 4) is 17.2 Å². The van der Waals surface area contributed by atoms with Crippen molar-refractivity contribution in [1.29, 1.82) is 0 Å². The summed E-state index contributed by atoms with van der Waals surface area (Å²) in [5, 5.41) is 9.47. The van der Waals surface area contributed by atoms with Crippen LogP contribution in [0.4, 0.5) is 0 Å². The van der Waals surface area contributed by atoms with Crippen LogP contribution < -0.4 is 4.74 Å². The van der Waals surface area contributed by atoms with Gasteiger partial charge in [0.2, 0.25) is 5.89 Å². The third-order valence-electron chi connectivity index (χ3n) is 5.33. The molecule has 7 heteroatoms. The summed E-state index contributed by atoms with van der Waals surface area (Å²) in [4.78, 5) is 18.2. The number of aromatic nitrogens is 1. The van der Waals surface area contributed by atoms with Gasteiger partial charge in [0, 0.05) is 36.6 Å². The lowest BCUT2D eigenvalue weighted by Gasteiger charge is -2.32. The lowest BCUT2D eigenvalue weighted by atomic mass is 10.1. The predicted octanol–water partition coefficient (Wildman–Crippen LogP) is 4.27. The number of aryl methyl sites for hydroxylation is 1. The Kier molecular flexibility index (Phi) is 6.94. The van der Waals surface area contributed by atoms with Crippen LogP contribution in [0.5, 0.6) is 5.75 Å². The van der Waals surface area contributed by atoms with E-state index in [1.807, 2.05) is 66.4 Å². The van der Waals surface area contributed by atoms with Crippen molar-refractivity contribution >= 4 is 17.7 Å². The number of carboxylic acids is 1. The number of thioether (sulfide) groups is 1. The number of oxazole rings is 1. The molecule has 1 aromatic heterocycles. The van der Waals surface area contributed by atoms with Crippen molar-refractivity contribution in [1.82, 2.24) is 9.88 Å². The number of ether oxygens (including phenoxy) is 1. The molecule has 1 N–H and O–H groups in total. The minimum absolute atomic E-state index is 0.433. The number of carboxylic acid groups (broad SMARTS) is 1. The summed E-state index contributed by atoms with van der Waals surface area (Å²) in [7, 11) is 0. The molecule has 0 aliphatic carbocycles. The van der Waals surface area contributed by atoms with Gasteiger partial charge in [0.15, 0.2) is 0 Å². The second kappa shape index (κ2) is 10.0. The highest BCUT2D eigenvalue weighted by Gasteiger charge is 2.28. The van der Waals surface area contributed by atoms with Gasteiger partial charge >= 0.3 is 5.97 Å². The largest absolute Gasteiger partial charge is 0.493 e. The van der Waals surface area contributed by atoms with Gasteiger partial charge in [0.1, 0.15) is 17.6 Å². The quantitative estimate of drug-likeness (QED) is 0.563. The Morgan fingerprint density at radius 1 is 1.26 bits per heavy atom. The Morgan fingerprint density at radius 3 is 2.90 bits per heavy atom. The van der Waals surface area contributed by atoms with Crippen LogP contribution in [0.25, 0.3) is 11.5 Å². The van der Waals surface area contributed by atoms with Gasteiger partial charge in [-0.25, -0.2) is 4.98 Å². The molecule has 1 aliphatic rings. The van der Waals surface area contributed by atoms with Crippen molar-refractivity contribution in [2.75, 3.05) is 24.7 Å². The van der Waals surface area contributed by atoms with E-state index in [4.69, 9.17) is 9.15 Å². The molecule has 1 atom stereocenters. The van der Waals surface area contributed by atoms with E-state index in [-0.39, 0.29) is 0 Å². The Balaban J connectivity index is 1.35. The van der Waals surface area contributed by atoms with E-state index in [0.29, 0.717) is 31.2 Å². The zero-order valence-corrected chi connectivity index (χ0v) is 18.3. The van der Waals surface area contributed by atoms with Crippen LogP contribution in [-0.2, 0) is 17.8 Å². The molecule has 0 spiro atoms. The second-order valence-corrected chi connectivity index (χ2v) is 8.68. The normalized spacial score (nSPS) is 16.9. The van der Waals surface area contributed by atoms with E-state index in [9.17, 15) is 9.90 Å². The molecule has 1 aliphatic heterocycles. The monoisotopic (exact) mass is 438 g/mol. The van der Waals surface area contributed by atoms with Gasteiger partial charge in [-0.2, -0.15) is 11.8 Å². The summed E-state index contributed by atoms with van der Waals surface area (Å²) in [6, 6.07) is 17.3. The maximum absolute atomic E-state index is 11.5. The van der Waals surface area contributed by atoms with Gasteiger partial charge in [0.05, 0.1) is 12.3 Å². The molecule has 162 valence electrons. The van der Waals surface area contributed by atoms with E-state index in [1.165, 1.54) is 0 Å². The highest BCUT2D eigenvalue weighted by molar-refractivity contribution is 7.99. The Bertz CT molecular complexity index is 1020. The maximum Gasteiger partial charge on any atom is 0.321 e. The van der Waals surface area contributed by atoms with Crippen molar-refractivity contribution in [3.05, 3.63) is 71.6 Å². The number of hydrogen-bond donors (Lipinski definition) is 1. The third kappa shape index (κ3) is 5.48. The Labute approximate surface area is 186 Å². The molecule has 2 heterocycles. The van der Waals surface area contributed by atoms with Gasteiger partial charge in [-0.1, -0.05) is 30.3 Å². The molecule has 2 aromatic carbocycles. The van der Waals surface area contributed by atoms with Crippen molar-refractivity contribution < 1.29 is 19.1 Å². The van der Waals surface area contributed by atoms with Crippen LogP contribution in [0.2, 0.25) is 0 Å². The standard InChI is InChI=1S/C24H26N2O4S/c1-17-21(25-23(30-17)19-7-3-2-4-8-19)10-12-29-20-9-5-6-18(14-20)15-26-11-13-31-16-22(26)24(27)28/h2-9,14,22H,10-13,15-16H2,1H3,(H,27,28).